The number of carboxylic acids is 1. The predicted octanol–water partition coefficient (Wildman–Crippen LogP) is 10.2. The number of rotatable bonds is 22. The Balaban J connectivity index is 0.000000181. The van der Waals surface area contributed by atoms with Crippen LogP contribution in [0.2, 0.25) is 0 Å². The van der Waals surface area contributed by atoms with Gasteiger partial charge in [-0.2, -0.15) is 0 Å². The first kappa shape index (κ1) is 72.3. The number of H-pyrrole nitrogens is 3. The Kier molecular flexibility index (Phi) is 29.4. The van der Waals surface area contributed by atoms with E-state index in [9.17, 15) is 28.8 Å². The number of alkyl halides is 1. The molecule has 0 aliphatic carbocycles. The molecule has 0 amide bonds. The average Bonchev–Trinajstić information content (AvgIpc) is 1.72. The molecule has 9 aromatic rings. The van der Waals surface area contributed by atoms with E-state index in [1.54, 1.807) is 18.6 Å². The molecule has 3 saturated heterocycles. The minimum atomic E-state index is -0.732. The summed E-state index contributed by atoms with van der Waals surface area (Å²) in [7, 11) is 0. The number of ether oxygens (including phenoxy) is 2. The summed E-state index contributed by atoms with van der Waals surface area (Å²) in [5.74, 6) is 0.289. The summed E-state index contributed by atoms with van der Waals surface area (Å²) in [6, 6.07) is 23.5. The van der Waals surface area contributed by atoms with Crippen LogP contribution in [0.15, 0.2) is 108 Å². The number of hydrogen-bond donors (Lipinski definition) is 5. The number of carboxylic acid groups (broad SMARTS) is 1. The van der Waals surface area contributed by atoms with Crippen molar-refractivity contribution in [2.45, 2.75) is 109 Å². The molecular weight excluding hydrogens is 1290 g/mol. The van der Waals surface area contributed by atoms with Crippen LogP contribution in [0.5, 0.6) is 0 Å². The Morgan fingerprint density at radius 1 is 0.527 bits per heavy atom. The van der Waals surface area contributed by atoms with Crippen LogP contribution < -0.4 is 34.9 Å². The maximum Gasteiger partial charge on any atom is 1.00 e. The van der Waals surface area contributed by atoms with Crippen LogP contribution in [-0.2, 0) is 23.9 Å². The number of piperidine rings is 3. The van der Waals surface area contributed by atoms with Gasteiger partial charge in [0.1, 0.15) is 0 Å². The second kappa shape index (κ2) is 37.0. The number of esters is 2. The molecular formula is C67H79BrN9NaO10S3. The SMILES string of the molecule is CCOC(=O)CCCBr.CCOC(=O)CCCN1CCC(c2csc(C(=O)c3c[nH]c4ccccc34)n2)CC1.O=C(O)CCCN1CCC(c2csc(C(=O)c3c[nH]c4ccccc34)n2)CC1.O=C(c1nc(C2CCNCC2)cs1)c1c[nH]c2ccccc12.[Na+].[OH-]. The minimum absolute atomic E-state index is 0. The van der Waals surface area contributed by atoms with Crippen molar-refractivity contribution in [3.05, 3.63) is 156 Å². The molecule has 91 heavy (non-hydrogen) atoms. The Labute approximate surface area is 572 Å². The molecule has 0 atom stereocenters. The zero-order valence-electron chi connectivity index (χ0n) is 51.9. The normalized spacial score (nSPS) is 14.8. The molecule has 6 aromatic heterocycles. The summed E-state index contributed by atoms with van der Waals surface area (Å²) >= 11 is 7.55. The molecule has 3 fully saturated rings. The number of aromatic nitrogens is 6. The molecule has 478 valence electrons. The Hall–Kier alpha value is -6.09. The number of carbonyl (C=O) groups is 6. The van der Waals surface area contributed by atoms with E-state index in [2.05, 4.69) is 66.1 Å². The van der Waals surface area contributed by atoms with E-state index in [-0.39, 0.29) is 70.7 Å². The van der Waals surface area contributed by atoms with Crippen molar-refractivity contribution in [2.24, 2.45) is 0 Å². The third kappa shape index (κ3) is 20.2. The number of benzene rings is 3. The van der Waals surface area contributed by atoms with Gasteiger partial charge in [0, 0.05) is 110 Å². The Morgan fingerprint density at radius 2 is 0.868 bits per heavy atom. The molecule has 3 aromatic carbocycles. The van der Waals surface area contributed by atoms with Gasteiger partial charge >= 0.3 is 47.5 Å². The van der Waals surface area contributed by atoms with E-state index >= 15 is 0 Å². The third-order valence-electron chi connectivity index (χ3n) is 16.3. The van der Waals surface area contributed by atoms with Gasteiger partial charge in [-0.25, -0.2) is 15.0 Å². The summed E-state index contributed by atoms with van der Waals surface area (Å²) in [5, 5.41) is 23.6. The summed E-state index contributed by atoms with van der Waals surface area (Å²) in [4.78, 5) is 99.5. The number of nitrogens with one attached hydrogen (secondary N) is 4. The van der Waals surface area contributed by atoms with Gasteiger partial charge in [-0.15, -0.1) is 34.0 Å². The maximum absolute atomic E-state index is 13.0. The third-order valence-corrected chi connectivity index (χ3v) is 19.4. The second-order valence-corrected chi connectivity index (χ2v) is 25.6. The van der Waals surface area contributed by atoms with Gasteiger partial charge in [0.15, 0.2) is 15.0 Å². The molecule has 19 nitrogen and oxygen atoms in total. The number of carbonyl (C=O) groups excluding carboxylic acids is 5. The number of nitrogens with zero attached hydrogens (tertiary/aromatic N) is 5. The van der Waals surface area contributed by atoms with Crippen LogP contribution in [0, 0.1) is 0 Å². The standard InChI is InChI=1S/C23H27N3O3S.C21H23N3O3S.C17H17N3OS.C6H11BrO2.Na.H2O/c1-2-29-21(27)8-5-11-26-12-9-16(10-13-26)20-15-30-23(25-20)22(28)18-14-24-19-7-4-3-6-17(18)19;25-19(26)6-3-9-24-10-7-14(8-11-24)18-13-28-21(23-18)20(27)16-12-22-17-5-2-1-4-15(16)17;21-16(13-9-19-14-4-2-1-3-12(13)14)17-20-15(10-22-17)11-5-7-18-8-6-11;1-2-9-6(8)4-3-5-7;;/h3-4,6-7,14-16,24H,2,5,8-13H2,1H3;1-2,4-5,12-14,22H,3,6-11H2,(H,25,26);1-4,9-11,18-19H,5-8H2;2-5H2,1H3;;1H2/q;;;;+1;/p-1. The predicted molar refractivity (Wildman–Crippen MR) is 358 cm³/mol. The quantitative estimate of drug-likeness (QED) is 0.0183. The van der Waals surface area contributed by atoms with Crippen molar-refractivity contribution in [3.63, 3.8) is 0 Å². The zero-order chi connectivity index (χ0) is 62.5. The van der Waals surface area contributed by atoms with Crippen LogP contribution in [-0.4, -0.2) is 156 Å². The van der Waals surface area contributed by atoms with Gasteiger partial charge in [0.05, 0.1) is 47.0 Å². The van der Waals surface area contributed by atoms with Gasteiger partial charge in [-0.05, 0) is 142 Å². The Morgan fingerprint density at radius 3 is 1.22 bits per heavy atom. The van der Waals surface area contributed by atoms with Crippen molar-refractivity contribution < 1.29 is 78.4 Å². The summed E-state index contributed by atoms with van der Waals surface area (Å²) in [6.45, 7) is 12.3. The molecule has 3 aliphatic rings. The average molecular weight is 1370 g/mol. The number of thiazole rings is 3. The molecule has 3 aliphatic heterocycles. The van der Waals surface area contributed by atoms with Crippen molar-refractivity contribution in [3.8, 4) is 0 Å². The monoisotopic (exact) mass is 1370 g/mol. The van der Waals surface area contributed by atoms with Gasteiger partial charge in [0.2, 0.25) is 17.3 Å². The number of hydrogen-bond acceptors (Lipinski definition) is 18. The van der Waals surface area contributed by atoms with E-state index in [0.29, 0.717) is 81.9 Å². The van der Waals surface area contributed by atoms with Crippen molar-refractivity contribution in [1.29, 1.82) is 0 Å². The molecule has 0 saturated carbocycles. The van der Waals surface area contributed by atoms with Crippen molar-refractivity contribution in [2.75, 3.05) is 70.9 Å². The van der Waals surface area contributed by atoms with Crippen molar-refractivity contribution in [1.82, 2.24) is 45.0 Å². The topological polar surface area (TPSA) is 276 Å². The summed E-state index contributed by atoms with van der Waals surface area (Å²) < 4.78 is 9.67. The number of fused-ring (bicyclic) bond motifs is 3. The number of para-hydroxylation sites is 3. The van der Waals surface area contributed by atoms with E-state index in [0.717, 1.165) is 159 Å². The number of ketones is 3. The molecule has 24 heteroatoms. The Bertz CT molecular complexity index is 3780. The number of aliphatic carboxylic acids is 1. The minimum Gasteiger partial charge on any atom is -0.870 e. The van der Waals surface area contributed by atoms with Gasteiger partial charge in [0.25, 0.3) is 0 Å². The molecule has 0 spiro atoms. The first-order valence-electron chi connectivity index (χ1n) is 30.8. The fraction of sp³-hybridized carbons (Fsp3) is 0.418. The van der Waals surface area contributed by atoms with Gasteiger partial charge < -0.3 is 50.1 Å². The van der Waals surface area contributed by atoms with E-state index < -0.39 is 5.97 Å². The van der Waals surface area contributed by atoms with E-state index in [1.165, 1.54) is 34.0 Å². The summed E-state index contributed by atoms with van der Waals surface area (Å²) in [6.07, 6.45) is 15.2. The maximum atomic E-state index is 13.0. The molecule has 0 bridgehead atoms. The first-order chi connectivity index (χ1) is 43.4. The van der Waals surface area contributed by atoms with Crippen LogP contribution >= 0.6 is 49.9 Å². The fourth-order valence-electron chi connectivity index (χ4n) is 11.5. The molecule has 12 rings (SSSR count). The van der Waals surface area contributed by atoms with Crippen molar-refractivity contribution >= 4 is 118 Å². The number of halogens is 1. The van der Waals surface area contributed by atoms with Gasteiger partial charge in [-0.1, -0.05) is 70.5 Å². The second-order valence-electron chi connectivity index (χ2n) is 22.2. The first-order valence-corrected chi connectivity index (χ1v) is 34.6. The van der Waals surface area contributed by atoms with E-state index in [4.69, 9.17) is 14.8 Å². The molecule has 9 heterocycles. The van der Waals surface area contributed by atoms with Crippen LogP contribution in [0.25, 0.3) is 32.7 Å². The number of likely N-dealkylation sites (tertiary alicyclic amines) is 2. The smallest absolute Gasteiger partial charge is 0.870 e. The van der Waals surface area contributed by atoms with Crippen LogP contribution in [0.1, 0.15) is 172 Å². The molecule has 6 N–H and O–H groups in total. The largest absolute Gasteiger partial charge is 1.00 e. The van der Waals surface area contributed by atoms with Crippen LogP contribution in [0.3, 0.4) is 0 Å². The van der Waals surface area contributed by atoms with E-state index in [1.807, 2.05) is 97.4 Å². The van der Waals surface area contributed by atoms with Gasteiger partial charge in [-0.3, -0.25) is 28.8 Å². The summed E-state index contributed by atoms with van der Waals surface area (Å²) in [5.41, 5.74) is 8.10. The van der Waals surface area contributed by atoms with Crippen LogP contribution in [0.4, 0.5) is 0 Å². The molecule has 0 unspecified atom stereocenters. The number of aromatic amines is 3. The zero-order valence-corrected chi connectivity index (χ0v) is 57.9. The fourth-order valence-corrected chi connectivity index (χ4v) is 14.3. The molecule has 0 radical (unpaired) electrons.